The minimum absolute atomic E-state index is 1.09. The van der Waals surface area contributed by atoms with E-state index in [0.717, 1.165) is 6.42 Å². The van der Waals surface area contributed by atoms with Crippen molar-refractivity contribution >= 4 is 18.4 Å². The molecule has 0 saturated carbocycles. The molecule has 0 saturated heterocycles. The van der Waals surface area contributed by atoms with Gasteiger partial charge in [0.15, 0.2) is 0 Å². The van der Waals surface area contributed by atoms with Crippen LogP contribution in [0.3, 0.4) is 0 Å². The van der Waals surface area contributed by atoms with Crippen LogP contribution in [0.2, 0.25) is 13.3 Å². The molecule has 0 aromatic heterocycles. The molecular weight excluding hydrogens is 419 g/mol. The van der Waals surface area contributed by atoms with Crippen molar-refractivity contribution in [1.29, 1.82) is 0 Å². The third kappa shape index (κ3) is 9.81. The second-order valence-corrected chi connectivity index (χ2v) is 21.2. The summed E-state index contributed by atoms with van der Waals surface area (Å²) in [4.78, 5) is 0. The molecule has 0 nitrogen and oxygen atoms in total. The van der Waals surface area contributed by atoms with Crippen molar-refractivity contribution in [2.75, 3.05) is 0 Å². The van der Waals surface area contributed by atoms with Gasteiger partial charge in [-0.2, -0.15) is 0 Å². The van der Waals surface area contributed by atoms with Gasteiger partial charge in [0, 0.05) is 0 Å². The first-order chi connectivity index (χ1) is 12.7. The summed E-state index contributed by atoms with van der Waals surface area (Å²) in [7, 11) is 0. The Morgan fingerprint density at radius 2 is 1.19 bits per heavy atom. The standard InChI is InChI=1S/C13H21.3C4H9.Sn/c1-4-7-8-9-12-13(10-5-2)11-6-3;3*1-3-4-2;/h5-6H,2-4,7-10,12H2,1H3;3*1,3-4H2,2H3;. The summed E-state index contributed by atoms with van der Waals surface area (Å²) in [5.74, 6) is 0. The maximum atomic E-state index is 4.36. The molecule has 0 spiro atoms. The van der Waals surface area contributed by atoms with Crippen molar-refractivity contribution in [2.24, 2.45) is 0 Å². The Kier molecular flexibility index (Phi) is 17.2. The van der Waals surface area contributed by atoms with Gasteiger partial charge in [0.1, 0.15) is 0 Å². The van der Waals surface area contributed by atoms with E-state index in [9.17, 15) is 0 Å². The van der Waals surface area contributed by atoms with Gasteiger partial charge in [-0.15, -0.1) is 0 Å². The second kappa shape index (κ2) is 17.1. The van der Waals surface area contributed by atoms with Crippen LogP contribution in [-0.2, 0) is 0 Å². The van der Waals surface area contributed by atoms with Crippen LogP contribution in [0.5, 0.6) is 0 Å². The minimum atomic E-state index is -2.36. The van der Waals surface area contributed by atoms with E-state index >= 15 is 0 Å². The quantitative estimate of drug-likeness (QED) is 0.0815. The van der Waals surface area contributed by atoms with E-state index in [4.69, 9.17) is 0 Å². The monoisotopic (exact) mass is 468 g/mol. The second-order valence-electron chi connectivity index (χ2n) is 8.12. The first-order valence-corrected chi connectivity index (χ1v) is 19.1. The number of hydrogen-bond acceptors (Lipinski definition) is 0. The molecule has 0 atom stereocenters. The van der Waals surface area contributed by atoms with Crippen molar-refractivity contribution in [3.63, 3.8) is 0 Å². The predicted octanol–water partition coefficient (Wildman–Crippen LogP) is 9.40. The van der Waals surface area contributed by atoms with E-state index in [1.807, 2.05) is 3.59 Å². The average Bonchev–Trinajstić information content (AvgIpc) is 2.66. The van der Waals surface area contributed by atoms with Gasteiger partial charge in [0.05, 0.1) is 0 Å². The SMILES string of the molecule is C=CC/C(CCCCCC)=[C](/C=C)[Sn]([CH2]CCC)([CH2]CCC)[CH2]CCC. The molecule has 0 rings (SSSR count). The van der Waals surface area contributed by atoms with Crippen molar-refractivity contribution in [2.45, 2.75) is 118 Å². The molecule has 0 unspecified atom stereocenters. The van der Waals surface area contributed by atoms with Gasteiger partial charge in [-0.25, -0.2) is 0 Å². The topological polar surface area (TPSA) is 0 Å². The van der Waals surface area contributed by atoms with Crippen LogP contribution in [0.15, 0.2) is 34.5 Å². The van der Waals surface area contributed by atoms with Crippen LogP contribution < -0.4 is 0 Å². The molecule has 1 heteroatoms. The summed E-state index contributed by atoms with van der Waals surface area (Å²) in [6.45, 7) is 17.8. The number of unbranched alkanes of at least 4 members (excludes halogenated alkanes) is 6. The maximum absolute atomic E-state index is 4.36. The summed E-state index contributed by atoms with van der Waals surface area (Å²) < 4.78 is 6.44. The van der Waals surface area contributed by atoms with E-state index in [2.05, 4.69) is 53.0 Å². The Morgan fingerprint density at radius 3 is 1.58 bits per heavy atom. The number of allylic oxidation sites excluding steroid dienone is 4. The Balaban J connectivity index is 5.79. The molecule has 0 amide bonds. The van der Waals surface area contributed by atoms with E-state index in [1.165, 1.54) is 70.6 Å². The normalized spacial score (nSPS) is 12.8. The fourth-order valence-electron chi connectivity index (χ4n) is 4.35. The molecule has 0 radical (unpaired) electrons. The van der Waals surface area contributed by atoms with Gasteiger partial charge >= 0.3 is 171 Å². The first kappa shape index (κ1) is 26.0. The van der Waals surface area contributed by atoms with Crippen molar-refractivity contribution < 1.29 is 0 Å². The molecule has 152 valence electrons. The third-order valence-corrected chi connectivity index (χ3v) is 22.0. The van der Waals surface area contributed by atoms with E-state index < -0.39 is 18.4 Å². The van der Waals surface area contributed by atoms with Gasteiger partial charge in [0.25, 0.3) is 0 Å². The molecule has 0 bridgehead atoms. The van der Waals surface area contributed by atoms with Crippen molar-refractivity contribution in [1.82, 2.24) is 0 Å². The fourth-order valence-corrected chi connectivity index (χ4v) is 21.6. The van der Waals surface area contributed by atoms with Crippen LogP contribution in [0, 0.1) is 0 Å². The van der Waals surface area contributed by atoms with Crippen LogP contribution in [0.1, 0.15) is 105 Å². The first-order valence-electron chi connectivity index (χ1n) is 11.6. The number of rotatable bonds is 18. The van der Waals surface area contributed by atoms with Gasteiger partial charge in [-0.3, -0.25) is 0 Å². The Labute approximate surface area is 170 Å². The van der Waals surface area contributed by atoms with E-state index in [1.54, 1.807) is 18.9 Å². The van der Waals surface area contributed by atoms with Crippen LogP contribution >= 0.6 is 0 Å². The summed E-state index contributed by atoms with van der Waals surface area (Å²) in [5.41, 5.74) is 1.73. The molecule has 0 heterocycles. The Hall–Kier alpha value is 0.0187. The average molecular weight is 467 g/mol. The molecule has 0 fully saturated rings. The van der Waals surface area contributed by atoms with Gasteiger partial charge < -0.3 is 0 Å². The van der Waals surface area contributed by atoms with Crippen molar-refractivity contribution in [3.8, 4) is 0 Å². The van der Waals surface area contributed by atoms with Crippen molar-refractivity contribution in [3.05, 3.63) is 34.5 Å². The zero-order chi connectivity index (χ0) is 19.7. The Bertz CT molecular complexity index is 369. The van der Waals surface area contributed by atoms with Crippen LogP contribution in [-0.4, -0.2) is 18.4 Å². The zero-order valence-corrected chi connectivity index (χ0v) is 21.5. The predicted molar refractivity (Wildman–Crippen MR) is 126 cm³/mol. The summed E-state index contributed by atoms with van der Waals surface area (Å²) >= 11 is -2.36. The fraction of sp³-hybridized carbons (Fsp3) is 0.760. The van der Waals surface area contributed by atoms with Gasteiger partial charge in [0.2, 0.25) is 0 Å². The van der Waals surface area contributed by atoms with Gasteiger partial charge in [-0.05, 0) is 0 Å². The summed E-state index contributed by atoms with van der Waals surface area (Å²) in [6, 6.07) is 0. The molecule has 0 aliphatic heterocycles. The van der Waals surface area contributed by atoms with Crippen LogP contribution in [0.25, 0.3) is 0 Å². The number of hydrogen-bond donors (Lipinski definition) is 0. The third-order valence-electron chi connectivity index (χ3n) is 5.91. The Morgan fingerprint density at radius 1 is 0.692 bits per heavy atom. The van der Waals surface area contributed by atoms with E-state index in [-0.39, 0.29) is 0 Å². The summed E-state index contributed by atoms with van der Waals surface area (Å²) in [6.07, 6.45) is 20.6. The molecule has 0 aliphatic rings. The molecular formula is C25H48Sn. The zero-order valence-electron chi connectivity index (χ0n) is 18.7. The van der Waals surface area contributed by atoms with E-state index in [0.29, 0.717) is 0 Å². The molecule has 0 aliphatic carbocycles. The van der Waals surface area contributed by atoms with Gasteiger partial charge in [-0.1, -0.05) is 0 Å². The molecule has 0 N–H and O–H groups in total. The molecule has 0 aromatic carbocycles. The van der Waals surface area contributed by atoms with Crippen LogP contribution in [0.4, 0.5) is 0 Å². The molecule has 0 aromatic rings. The summed E-state index contributed by atoms with van der Waals surface area (Å²) in [5, 5.41) is 0. The molecule has 26 heavy (non-hydrogen) atoms.